The number of nitrogens with zero attached hydrogens (tertiary/aromatic N) is 6. The topological polar surface area (TPSA) is 107 Å². The number of hydrogen-bond acceptors (Lipinski definition) is 9. The molecular formula is C31H38F2N6O4. The van der Waals surface area contributed by atoms with Gasteiger partial charge in [-0.15, -0.1) is 0 Å². The third-order valence-electron chi connectivity index (χ3n) is 8.32. The van der Waals surface area contributed by atoms with Crippen LogP contribution in [0.25, 0.3) is 11.6 Å². The number of ether oxygens (including phenoxy) is 2. The maximum atomic E-state index is 14.1. The average Bonchev–Trinajstić information content (AvgIpc) is 3.60. The summed E-state index contributed by atoms with van der Waals surface area (Å²) in [6.45, 7) is 12.5. The summed E-state index contributed by atoms with van der Waals surface area (Å²) in [7, 11) is 1.87. The van der Waals surface area contributed by atoms with E-state index in [1.807, 2.05) is 39.6 Å². The number of amides is 1. The Bertz CT molecular complexity index is 1470. The zero-order chi connectivity index (χ0) is 30.9. The highest BCUT2D eigenvalue weighted by Crippen LogP contribution is 2.34. The van der Waals surface area contributed by atoms with Crippen LogP contribution in [0.3, 0.4) is 0 Å². The van der Waals surface area contributed by atoms with E-state index in [1.54, 1.807) is 17.0 Å². The van der Waals surface area contributed by atoms with E-state index in [1.165, 1.54) is 18.2 Å². The number of hydrogen-bond donors (Lipinski definition) is 0. The molecule has 1 aromatic carbocycles. The molecule has 3 aromatic rings. The van der Waals surface area contributed by atoms with Crippen LogP contribution < -0.4 is 9.47 Å². The second kappa shape index (κ2) is 12.4. The van der Waals surface area contributed by atoms with Crippen molar-refractivity contribution in [1.82, 2.24) is 29.9 Å². The van der Waals surface area contributed by atoms with Crippen LogP contribution in [0.2, 0.25) is 0 Å². The zero-order valence-electron chi connectivity index (χ0n) is 25.2. The molecule has 0 unspecified atom stereocenters. The van der Waals surface area contributed by atoms with Gasteiger partial charge in [0.15, 0.2) is 0 Å². The minimum atomic E-state index is -0.911. The highest BCUT2D eigenvalue weighted by atomic mass is 19.1. The van der Waals surface area contributed by atoms with Crippen molar-refractivity contribution in [3.63, 3.8) is 0 Å². The third kappa shape index (κ3) is 6.69. The van der Waals surface area contributed by atoms with Crippen molar-refractivity contribution in [2.45, 2.75) is 76.8 Å². The van der Waals surface area contributed by atoms with E-state index in [0.29, 0.717) is 44.8 Å². The maximum Gasteiger partial charge on any atom is 0.245 e. The van der Waals surface area contributed by atoms with Gasteiger partial charge in [0.1, 0.15) is 24.2 Å². The molecule has 0 N–H and O–H groups in total. The number of carbonyl (C=O) groups is 1. The number of alkyl halides is 1. The molecule has 3 atom stereocenters. The molecule has 12 heteroatoms. The Morgan fingerprint density at radius 1 is 1.16 bits per heavy atom. The van der Waals surface area contributed by atoms with Gasteiger partial charge in [-0.3, -0.25) is 9.69 Å². The minimum Gasteiger partial charge on any atom is -0.474 e. The van der Waals surface area contributed by atoms with Gasteiger partial charge in [-0.25, -0.2) is 8.78 Å². The lowest BCUT2D eigenvalue weighted by atomic mass is 9.82. The predicted octanol–water partition coefficient (Wildman–Crippen LogP) is 4.67. The first-order valence-corrected chi connectivity index (χ1v) is 14.5. The van der Waals surface area contributed by atoms with Gasteiger partial charge in [-0.05, 0) is 70.5 Å². The smallest absolute Gasteiger partial charge is 0.245 e. The van der Waals surface area contributed by atoms with Crippen LogP contribution >= 0.6 is 0 Å². The van der Waals surface area contributed by atoms with Crippen LogP contribution in [-0.2, 0) is 10.2 Å². The number of piperidine rings is 1. The molecule has 0 spiro atoms. The molecule has 2 aromatic heterocycles. The summed E-state index contributed by atoms with van der Waals surface area (Å²) in [4.78, 5) is 29.4. The summed E-state index contributed by atoms with van der Waals surface area (Å²) in [5, 5.41) is 4.16. The van der Waals surface area contributed by atoms with Crippen LogP contribution in [0.1, 0.15) is 57.1 Å². The number of carbonyl (C=O) groups excluding carboxylic acids is 1. The second-order valence-corrected chi connectivity index (χ2v) is 11.9. The van der Waals surface area contributed by atoms with Gasteiger partial charge in [0.2, 0.25) is 35.2 Å². The Labute approximate surface area is 250 Å². The fourth-order valence-electron chi connectivity index (χ4n) is 5.91. The number of aryl methyl sites for hydroxylation is 1. The molecule has 1 amide bonds. The average molecular weight is 597 g/mol. The lowest BCUT2D eigenvalue weighted by Gasteiger charge is -2.31. The Morgan fingerprint density at radius 3 is 2.53 bits per heavy atom. The Hall–Kier alpha value is -3.93. The summed E-state index contributed by atoms with van der Waals surface area (Å²) in [5.41, 5.74) is 0.875. The number of aromatic nitrogens is 4. The van der Waals surface area contributed by atoms with E-state index < -0.39 is 11.6 Å². The van der Waals surface area contributed by atoms with E-state index in [2.05, 4.69) is 26.7 Å². The van der Waals surface area contributed by atoms with Crippen LogP contribution in [0, 0.1) is 12.7 Å². The van der Waals surface area contributed by atoms with E-state index in [0.717, 1.165) is 11.1 Å². The van der Waals surface area contributed by atoms with Gasteiger partial charge < -0.3 is 18.9 Å². The molecule has 43 heavy (non-hydrogen) atoms. The van der Waals surface area contributed by atoms with E-state index in [9.17, 15) is 13.6 Å². The van der Waals surface area contributed by atoms with Gasteiger partial charge in [0.05, 0.1) is 11.5 Å². The number of rotatable bonds is 9. The van der Waals surface area contributed by atoms with Crippen molar-refractivity contribution in [2.75, 3.05) is 26.7 Å². The van der Waals surface area contributed by atoms with Gasteiger partial charge in [0, 0.05) is 38.5 Å². The Morgan fingerprint density at radius 2 is 1.88 bits per heavy atom. The first kappa shape index (κ1) is 30.5. The molecule has 0 aliphatic carbocycles. The SMILES string of the molecule is C=CC(=O)N1CCC(Oc2cc(O[C@@H](C)[C@@H]3C[C@@H](F)CN3C)nc(-c3noc(C(C)(C)c4ccc(F)cc4C)n3)n2)CC1. The van der Waals surface area contributed by atoms with E-state index in [-0.39, 0.29) is 53.4 Å². The van der Waals surface area contributed by atoms with Crippen LogP contribution in [0.15, 0.2) is 41.4 Å². The largest absolute Gasteiger partial charge is 0.474 e. The highest BCUT2D eigenvalue weighted by Gasteiger charge is 2.35. The second-order valence-electron chi connectivity index (χ2n) is 11.9. The summed E-state index contributed by atoms with van der Waals surface area (Å²) >= 11 is 0. The quantitative estimate of drug-likeness (QED) is 0.326. The minimum absolute atomic E-state index is 0.105. The molecule has 0 saturated carbocycles. The zero-order valence-corrected chi connectivity index (χ0v) is 25.2. The molecule has 2 fully saturated rings. The maximum absolute atomic E-state index is 14.1. The normalized spacial score (nSPS) is 20.7. The molecule has 2 saturated heterocycles. The van der Waals surface area contributed by atoms with E-state index >= 15 is 0 Å². The highest BCUT2D eigenvalue weighted by molar-refractivity contribution is 5.87. The van der Waals surface area contributed by atoms with Gasteiger partial charge >= 0.3 is 0 Å². The van der Waals surface area contributed by atoms with Crippen molar-refractivity contribution in [3.8, 4) is 23.4 Å². The van der Waals surface area contributed by atoms with Crippen LogP contribution in [0.4, 0.5) is 8.78 Å². The molecule has 2 aliphatic heterocycles. The first-order chi connectivity index (χ1) is 20.4. The summed E-state index contributed by atoms with van der Waals surface area (Å²) in [6, 6.07) is 6.06. The van der Waals surface area contributed by atoms with Crippen LogP contribution in [0.5, 0.6) is 11.8 Å². The van der Waals surface area contributed by atoms with Crippen molar-refractivity contribution in [1.29, 1.82) is 0 Å². The van der Waals surface area contributed by atoms with Gasteiger partial charge in [-0.1, -0.05) is 17.8 Å². The van der Waals surface area contributed by atoms with Crippen molar-refractivity contribution >= 4 is 5.91 Å². The molecule has 10 nitrogen and oxygen atoms in total. The fraction of sp³-hybridized carbons (Fsp3) is 0.516. The third-order valence-corrected chi connectivity index (χ3v) is 8.32. The van der Waals surface area contributed by atoms with Gasteiger partial charge in [-0.2, -0.15) is 15.0 Å². The Balaban J connectivity index is 1.42. The molecular weight excluding hydrogens is 558 g/mol. The summed E-state index contributed by atoms with van der Waals surface area (Å²) in [6.07, 6.45) is 1.46. The fourth-order valence-corrected chi connectivity index (χ4v) is 5.91. The first-order valence-electron chi connectivity index (χ1n) is 14.5. The van der Waals surface area contributed by atoms with Crippen molar-refractivity contribution in [3.05, 3.63) is 59.8 Å². The molecule has 5 rings (SSSR count). The van der Waals surface area contributed by atoms with E-state index in [4.69, 9.17) is 14.0 Å². The standard InChI is InChI=1S/C31H38F2N6O4/c1-7-27(40)39-12-10-22(11-13-39)42-26-16-25(41-19(3)24-15-21(33)17-38(24)6)34-28(35-26)29-36-30(43-37-29)31(4,5)23-9-8-20(32)14-18(23)2/h7-9,14,16,19,21-22,24H,1,10-13,15,17H2,2-6H3/t19-,21+,24-/m0/s1. The monoisotopic (exact) mass is 596 g/mol. The summed E-state index contributed by atoms with van der Waals surface area (Å²) in [5.74, 6) is 0.670. The number of likely N-dealkylation sites (tertiary alicyclic amines) is 2. The lowest BCUT2D eigenvalue weighted by Crippen LogP contribution is -2.41. The number of halogens is 2. The van der Waals surface area contributed by atoms with Crippen LogP contribution in [-0.4, -0.2) is 86.9 Å². The van der Waals surface area contributed by atoms with Crippen molar-refractivity contribution < 1.29 is 27.6 Å². The van der Waals surface area contributed by atoms with Gasteiger partial charge in [0.25, 0.3) is 0 Å². The number of likely N-dealkylation sites (N-methyl/N-ethyl adjacent to an activating group) is 1. The Kier molecular flexibility index (Phi) is 8.77. The molecule has 0 bridgehead atoms. The molecule has 4 heterocycles. The van der Waals surface area contributed by atoms with Crippen molar-refractivity contribution in [2.24, 2.45) is 0 Å². The lowest BCUT2D eigenvalue weighted by molar-refractivity contribution is -0.127. The number of benzene rings is 1. The predicted molar refractivity (Wildman–Crippen MR) is 155 cm³/mol. The molecule has 2 aliphatic rings. The molecule has 0 radical (unpaired) electrons. The summed E-state index contributed by atoms with van der Waals surface area (Å²) < 4.78 is 46.0. The molecule has 230 valence electrons.